The zero-order valence-corrected chi connectivity index (χ0v) is 13.7. The Kier molecular flexibility index (Phi) is 6.90. The van der Waals surface area contributed by atoms with Crippen molar-refractivity contribution in [1.82, 2.24) is 0 Å². The number of benzene rings is 1. The SMILES string of the molecule is CCCCC(C)c1c(N)ccc(N)c1C(C)CCCC. The molecule has 4 N–H and O–H groups in total. The third kappa shape index (κ3) is 4.16. The molecule has 114 valence electrons. The first-order valence-electron chi connectivity index (χ1n) is 8.20. The number of unbranched alkanes of at least 4 members (excludes halogenated alkanes) is 2. The second-order valence-electron chi connectivity index (χ2n) is 6.16. The molecule has 0 fully saturated rings. The molecular formula is C18H32N2. The van der Waals surface area contributed by atoms with Gasteiger partial charge >= 0.3 is 0 Å². The molecule has 0 amide bonds. The lowest BCUT2D eigenvalue weighted by Gasteiger charge is -2.24. The number of nitrogens with two attached hydrogens (primary N) is 2. The predicted octanol–water partition coefficient (Wildman–Crippen LogP) is 5.44. The zero-order chi connectivity index (χ0) is 15.1. The summed E-state index contributed by atoms with van der Waals surface area (Å²) >= 11 is 0. The van der Waals surface area contributed by atoms with Crippen molar-refractivity contribution in [3.8, 4) is 0 Å². The third-order valence-corrected chi connectivity index (χ3v) is 4.32. The standard InChI is InChI=1S/C18H32N2/c1-5-7-9-13(3)17-15(19)11-12-16(20)18(17)14(4)10-8-6-2/h11-14H,5-10,19-20H2,1-4H3. The highest BCUT2D eigenvalue weighted by atomic mass is 14.6. The van der Waals surface area contributed by atoms with E-state index < -0.39 is 0 Å². The highest BCUT2D eigenvalue weighted by Crippen LogP contribution is 2.39. The summed E-state index contributed by atoms with van der Waals surface area (Å²) in [6, 6.07) is 3.95. The molecule has 0 radical (unpaired) electrons. The van der Waals surface area contributed by atoms with Gasteiger partial charge in [-0.1, -0.05) is 53.4 Å². The van der Waals surface area contributed by atoms with E-state index in [1.165, 1.54) is 49.7 Å². The number of hydrogen-bond acceptors (Lipinski definition) is 2. The lowest BCUT2D eigenvalue weighted by atomic mass is 9.82. The average molecular weight is 276 g/mol. The van der Waals surface area contributed by atoms with Crippen LogP contribution in [0.1, 0.15) is 89.2 Å². The van der Waals surface area contributed by atoms with Crippen LogP contribution in [0.25, 0.3) is 0 Å². The van der Waals surface area contributed by atoms with Gasteiger partial charge in [-0.3, -0.25) is 0 Å². The van der Waals surface area contributed by atoms with Crippen LogP contribution >= 0.6 is 0 Å². The fourth-order valence-electron chi connectivity index (χ4n) is 3.08. The largest absolute Gasteiger partial charge is 0.398 e. The van der Waals surface area contributed by atoms with Crippen molar-refractivity contribution >= 4 is 11.4 Å². The van der Waals surface area contributed by atoms with E-state index in [9.17, 15) is 0 Å². The van der Waals surface area contributed by atoms with Crippen LogP contribution in [0, 0.1) is 0 Å². The van der Waals surface area contributed by atoms with Crippen molar-refractivity contribution in [2.45, 2.75) is 78.1 Å². The van der Waals surface area contributed by atoms with E-state index in [0.717, 1.165) is 11.4 Å². The second kappa shape index (κ2) is 8.18. The van der Waals surface area contributed by atoms with Crippen LogP contribution in [-0.2, 0) is 0 Å². The first kappa shape index (κ1) is 16.9. The van der Waals surface area contributed by atoms with E-state index >= 15 is 0 Å². The zero-order valence-electron chi connectivity index (χ0n) is 13.7. The van der Waals surface area contributed by atoms with Crippen LogP contribution in [-0.4, -0.2) is 0 Å². The Labute approximate surface area is 124 Å². The molecule has 0 spiro atoms. The molecule has 0 bridgehead atoms. The summed E-state index contributed by atoms with van der Waals surface area (Å²) in [5.41, 5.74) is 17.0. The second-order valence-corrected chi connectivity index (χ2v) is 6.16. The molecule has 0 saturated carbocycles. The van der Waals surface area contributed by atoms with E-state index in [2.05, 4.69) is 27.7 Å². The van der Waals surface area contributed by atoms with E-state index in [0.29, 0.717) is 11.8 Å². The first-order chi connectivity index (χ1) is 9.52. The minimum Gasteiger partial charge on any atom is -0.398 e. The molecule has 2 heteroatoms. The Morgan fingerprint density at radius 2 is 1.15 bits per heavy atom. The van der Waals surface area contributed by atoms with Gasteiger partial charge < -0.3 is 11.5 Å². The van der Waals surface area contributed by atoms with E-state index in [4.69, 9.17) is 11.5 Å². The molecular weight excluding hydrogens is 244 g/mol. The van der Waals surface area contributed by atoms with E-state index in [1.54, 1.807) is 0 Å². The molecule has 0 aliphatic carbocycles. The maximum Gasteiger partial charge on any atom is 0.0353 e. The summed E-state index contributed by atoms with van der Waals surface area (Å²) in [5.74, 6) is 0.995. The van der Waals surface area contributed by atoms with E-state index in [1.807, 2.05) is 12.1 Å². The van der Waals surface area contributed by atoms with Gasteiger partial charge in [-0.25, -0.2) is 0 Å². The summed E-state index contributed by atoms with van der Waals surface area (Å²) in [7, 11) is 0. The molecule has 2 nitrogen and oxygen atoms in total. The highest BCUT2D eigenvalue weighted by Gasteiger charge is 2.20. The highest BCUT2D eigenvalue weighted by molar-refractivity contribution is 5.64. The van der Waals surface area contributed by atoms with Gasteiger partial charge in [0.1, 0.15) is 0 Å². The lowest BCUT2D eigenvalue weighted by Crippen LogP contribution is -2.10. The smallest absolute Gasteiger partial charge is 0.0353 e. The maximum absolute atomic E-state index is 6.27. The fourth-order valence-corrected chi connectivity index (χ4v) is 3.08. The maximum atomic E-state index is 6.27. The van der Waals surface area contributed by atoms with Gasteiger partial charge in [0.2, 0.25) is 0 Å². The number of nitrogen functional groups attached to an aromatic ring is 2. The van der Waals surface area contributed by atoms with Crippen LogP contribution in [0.5, 0.6) is 0 Å². The molecule has 0 aliphatic heterocycles. The quantitative estimate of drug-likeness (QED) is 0.621. The van der Waals surface area contributed by atoms with Crippen molar-refractivity contribution in [2.75, 3.05) is 11.5 Å². The van der Waals surface area contributed by atoms with Gasteiger partial charge in [-0.2, -0.15) is 0 Å². The Morgan fingerprint density at radius 3 is 1.45 bits per heavy atom. The van der Waals surface area contributed by atoms with Gasteiger partial charge in [-0.05, 0) is 47.9 Å². The summed E-state index contributed by atoms with van der Waals surface area (Å²) < 4.78 is 0. The lowest BCUT2D eigenvalue weighted by molar-refractivity contribution is 0.591. The Hall–Kier alpha value is -1.18. The number of rotatable bonds is 8. The predicted molar refractivity (Wildman–Crippen MR) is 91.1 cm³/mol. The Bertz CT molecular complexity index is 373. The van der Waals surface area contributed by atoms with Crippen molar-refractivity contribution in [3.05, 3.63) is 23.3 Å². The third-order valence-electron chi connectivity index (χ3n) is 4.32. The summed E-state index contributed by atoms with van der Waals surface area (Å²) in [6.45, 7) is 9.05. The molecule has 0 saturated heterocycles. The molecule has 2 unspecified atom stereocenters. The molecule has 0 aromatic heterocycles. The topological polar surface area (TPSA) is 52.0 Å². The van der Waals surface area contributed by atoms with Gasteiger partial charge in [0.15, 0.2) is 0 Å². The average Bonchev–Trinajstić information content (AvgIpc) is 2.44. The monoisotopic (exact) mass is 276 g/mol. The van der Waals surface area contributed by atoms with Crippen LogP contribution in [0.4, 0.5) is 11.4 Å². The minimum atomic E-state index is 0.498. The summed E-state index contributed by atoms with van der Waals surface area (Å²) in [6.07, 6.45) is 7.34. The molecule has 0 heterocycles. The summed E-state index contributed by atoms with van der Waals surface area (Å²) in [5, 5.41) is 0. The molecule has 1 aromatic rings. The fraction of sp³-hybridized carbons (Fsp3) is 0.667. The van der Waals surface area contributed by atoms with Crippen LogP contribution in [0.2, 0.25) is 0 Å². The summed E-state index contributed by atoms with van der Waals surface area (Å²) in [4.78, 5) is 0. The van der Waals surface area contributed by atoms with Crippen LogP contribution in [0.15, 0.2) is 12.1 Å². The molecule has 2 atom stereocenters. The van der Waals surface area contributed by atoms with E-state index in [-0.39, 0.29) is 0 Å². The first-order valence-corrected chi connectivity index (χ1v) is 8.20. The minimum absolute atomic E-state index is 0.498. The molecule has 20 heavy (non-hydrogen) atoms. The van der Waals surface area contributed by atoms with Crippen molar-refractivity contribution < 1.29 is 0 Å². The normalized spacial score (nSPS) is 14.2. The van der Waals surface area contributed by atoms with Crippen LogP contribution < -0.4 is 11.5 Å². The molecule has 0 aliphatic rings. The molecule has 1 aromatic carbocycles. The Morgan fingerprint density at radius 1 is 0.800 bits per heavy atom. The van der Waals surface area contributed by atoms with Crippen molar-refractivity contribution in [1.29, 1.82) is 0 Å². The van der Waals surface area contributed by atoms with Gasteiger partial charge in [0, 0.05) is 11.4 Å². The number of hydrogen-bond donors (Lipinski definition) is 2. The van der Waals surface area contributed by atoms with Gasteiger partial charge in [-0.15, -0.1) is 0 Å². The van der Waals surface area contributed by atoms with Gasteiger partial charge in [0.05, 0.1) is 0 Å². The van der Waals surface area contributed by atoms with Crippen LogP contribution in [0.3, 0.4) is 0 Å². The van der Waals surface area contributed by atoms with Gasteiger partial charge in [0.25, 0.3) is 0 Å². The molecule has 1 rings (SSSR count). The Balaban J connectivity index is 3.09. The van der Waals surface area contributed by atoms with Crippen molar-refractivity contribution in [2.24, 2.45) is 0 Å². The number of anilines is 2. The van der Waals surface area contributed by atoms with Crippen molar-refractivity contribution in [3.63, 3.8) is 0 Å².